The number of halogens is 3. The molecular formula is C29H28F3N5O4. The zero-order chi connectivity index (χ0) is 29.2. The van der Waals surface area contributed by atoms with Crippen LogP contribution in [0, 0.1) is 0 Å². The van der Waals surface area contributed by atoms with Crippen LogP contribution in [0.4, 0.5) is 13.2 Å². The maximum absolute atomic E-state index is 13.2. The third-order valence-corrected chi connectivity index (χ3v) is 5.81. The summed E-state index contributed by atoms with van der Waals surface area (Å²) in [6.07, 6.45) is -4.52. The van der Waals surface area contributed by atoms with Crippen molar-refractivity contribution in [2.24, 2.45) is 0 Å². The molecule has 9 nitrogen and oxygen atoms in total. The van der Waals surface area contributed by atoms with Gasteiger partial charge in [0.2, 0.25) is 0 Å². The average Bonchev–Trinajstić information content (AvgIpc) is 3.39. The predicted molar refractivity (Wildman–Crippen MR) is 143 cm³/mol. The van der Waals surface area contributed by atoms with Gasteiger partial charge >= 0.3 is 6.18 Å². The van der Waals surface area contributed by atoms with Crippen LogP contribution in [-0.2, 0) is 24.5 Å². The van der Waals surface area contributed by atoms with Crippen molar-refractivity contribution >= 4 is 11.8 Å². The summed E-state index contributed by atoms with van der Waals surface area (Å²) >= 11 is 0. The van der Waals surface area contributed by atoms with Gasteiger partial charge in [-0.2, -0.15) is 13.2 Å². The smallest absolute Gasteiger partial charge is 0.405 e. The zero-order valence-electron chi connectivity index (χ0n) is 22.1. The first-order valence-corrected chi connectivity index (χ1v) is 12.7. The van der Waals surface area contributed by atoms with E-state index < -0.39 is 24.5 Å². The molecule has 214 valence electrons. The minimum Gasteiger partial charge on any atom is -0.494 e. The van der Waals surface area contributed by atoms with Gasteiger partial charge in [-0.05, 0) is 54.4 Å². The third-order valence-electron chi connectivity index (χ3n) is 5.81. The SMILES string of the molecule is CCOc1cccc(CNC(=O)c2nnn(-c3ccc(C(=O)NCC(F)(F)F)cc3)c2COCc2ccccc2)c1. The molecule has 2 N–H and O–H groups in total. The summed E-state index contributed by atoms with van der Waals surface area (Å²) in [6, 6.07) is 22.5. The Morgan fingerprint density at radius 3 is 2.32 bits per heavy atom. The Balaban J connectivity index is 1.52. The van der Waals surface area contributed by atoms with E-state index in [1.165, 1.54) is 28.9 Å². The van der Waals surface area contributed by atoms with Gasteiger partial charge in [0.25, 0.3) is 11.8 Å². The molecule has 0 atom stereocenters. The highest BCUT2D eigenvalue weighted by atomic mass is 19.4. The standard InChI is InChI=1S/C29H28F3N5O4/c1-2-41-24-10-6-9-21(15-24)16-33-28(39)26-25(18-40-17-20-7-4-3-5-8-20)37(36-35-26)23-13-11-22(12-14-23)27(38)34-19-29(30,31)32/h3-15H,2,16-19H2,1H3,(H,33,39)(H,34,38). The molecule has 0 fully saturated rings. The second-order valence-corrected chi connectivity index (χ2v) is 8.88. The van der Waals surface area contributed by atoms with Crippen LogP contribution >= 0.6 is 0 Å². The second-order valence-electron chi connectivity index (χ2n) is 8.88. The van der Waals surface area contributed by atoms with Crippen LogP contribution in [-0.4, -0.2) is 46.1 Å². The highest BCUT2D eigenvalue weighted by Gasteiger charge is 2.28. The van der Waals surface area contributed by atoms with Crippen molar-refractivity contribution in [3.63, 3.8) is 0 Å². The largest absolute Gasteiger partial charge is 0.494 e. The first-order chi connectivity index (χ1) is 19.7. The number of benzene rings is 3. The topological polar surface area (TPSA) is 107 Å². The molecule has 4 rings (SSSR count). The number of aromatic nitrogens is 3. The third kappa shape index (κ3) is 8.39. The van der Waals surface area contributed by atoms with Gasteiger partial charge in [-0.25, -0.2) is 4.68 Å². The quantitative estimate of drug-likeness (QED) is 0.259. The van der Waals surface area contributed by atoms with E-state index in [0.29, 0.717) is 23.7 Å². The molecule has 1 heterocycles. The van der Waals surface area contributed by atoms with Crippen LogP contribution in [0.2, 0.25) is 0 Å². The Labute approximate surface area is 234 Å². The molecule has 41 heavy (non-hydrogen) atoms. The Kier molecular flexibility index (Phi) is 9.69. The average molecular weight is 568 g/mol. The molecule has 1 aromatic heterocycles. The minimum absolute atomic E-state index is 0.0156. The van der Waals surface area contributed by atoms with Gasteiger partial charge in [-0.1, -0.05) is 47.7 Å². The van der Waals surface area contributed by atoms with Crippen molar-refractivity contribution in [1.29, 1.82) is 0 Å². The fraction of sp³-hybridized carbons (Fsp3) is 0.241. The lowest BCUT2D eigenvalue weighted by atomic mass is 10.2. The highest BCUT2D eigenvalue weighted by molar-refractivity contribution is 5.94. The van der Waals surface area contributed by atoms with Crippen LogP contribution in [0.1, 0.15) is 44.6 Å². The van der Waals surface area contributed by atoms with Crippen molar-refractivity contribution in [3.8, 4) is 11.4 Å². The Morgan fingerprint density at radius 2 is 1.61 bits per heavy atom. The van der Waals surface area contributed by atoms with Crippen LogP contribution < -0.4 is 15.4 Å². The molecule has 0 aliphatic carbocycles. The number of hydrogen-bond donors (Lipinski definition) is 2. The predicted octanol–water partition coefficient (Wildman–Crippen LogP) is 4.60. The number of carbonyl (C=O) groups is 2. The summed E-state index contributed by atoms with van der Waals surface area (Å²) in [6.45, 7) is 1.44. The van der Waals surface area contributed by atoms with Crippen molar-refractivity contribution in [2.75, 3.05) is 13.2 Å². The monoisotopic (exact) mass is 567 g/mol. The molecule has 4 aromatic rings. The first-order valence-electron chi connectivity index (χ1n) is 12.7. The number of alkyl halides is 3. The fourth-order valence-corrected chi connectivity index (χ4v) is 3.87. The van der Waals surface area contributed by atoms with Gasteiger partial charge in [0, 0.05) is 12.1 Å². The van der Waals surface area contributed by atoms with E-state index in [1.54, 1.807) is 0 Å². The number of rotatable bonds is 12. The summed E-state index contributed by atoms with van der Waals surface area (Å²) in [4.78, 5) is 25.3. The van der Waals surface area contributed by atoms with Gasteiger partial charge in [-0.3, -0.25) is 9.59 Å². The van der Waals surface area contributed by atoms with Crippen molar-refractivity contribution in [2.45, 2.75) is 32.9 Å². The minimum atomic E-state index is -4.52. The Morgan fingerprint density at radius 1 is 0.878 bits per heavy atom. The normalized spacial score (nSPS) is 11.2. The van der Waals surface area contributed by atoms with Gasteiger partial charge in [0.05, 0.1) is 25.5 Å². The lowest BCUT2D eigenvalue weighted by molar-refractivity contribution is -0.123. The lowest BCUT2D eigenvalue weighted by Gasteiger charge is -2.11. The molecular weight excluding hydrogens is 539 g/mol. The van der Waals surface area contributed by atoms with E-state index in [0.717, 1.165) is 11.1 Å². The molecule has 0 spiro atoms. The van der Waals surface area contributed by atoms with Crippen LogP contribution in [0.5, 0.6) is 5.75 Å². The van der Waals surface area contributed by atoms with Gasteiger partial charge in [0.15, 0.2) is 5.69 Å². The molecule has 0 unspecified atom stereocenters. The van der Waals surface area contributed by atoms with Crippen LogP contribution in [0.15, 0.2) is 78.9 Å². The molecule has 0 bridgehead atoms. The maximum atomic E-state index is 13.2. The summed E-state index contributed by atoms with van der Waals surface area (Å²) in [5.41, 5.74) is 2.64. The number of carbonyl (C=O) groups excluding carboxylic acids is 2. The number of nitrogens with one attached hydrogen (secondary N) is 2. The molecule has 0 aliphatic rings. The Hall–Kier alpha value is -4.71. The molecule has 3 aromatic carbocycles. The van der Waals surface area contributed by atoms with Gasteiger partial charge in [0.1, 0.15) is 18.0 Å². The second kappa shape index (κ2) is 13.6. The molecule has 0 aliphatic heterocycles. The lowest BCUT2D eigenvalue weighted by Crippen LogP contribution is -2.33. The van der Waals surface area contributed by atoms with E-state index in [9.17, 15) is 22.8 Å². The fourth-order valence-electron chi connectivity index (χ4n) is 3.87. The van der Waals surface area contributed by atoms with Crippen molar-refractivity contribution < 1.29 is 32.2 Å². The van der Waals surface area contributed by atoms with Crippen LogP contribution in [0.25, 0.3) is 5.69 Å². The summed E-state index contributed by atoms with van der Waals surface area (Å²) in [5.74, 6) is -0.650. The van der Waals surface area contributed by atoms with E-state index in [-0.39, 0.29) is 31.0 Å². The van der Waals surface area contributed by atoms with Gasteiger partial charge < -0.3 is 20.1 Å². The highest BCUT2D eigenvalue weighted by Crippen LogP contribution is 2.18. The van der Waals surface area contributed by atoms with E-state index in [4.69, 9.17) is 9.47 Å². The first kappa shape index (κ1) is 29.3. The molecule has 0 radical (unpaired) electrons. The van der Waals surface area contributed by atoms with E-state index >= 15 is 0 Å². The molecule has 0 saturated carbocycles. The van der Waals surface area contributed by atoms with Crippen LogP contribution in [0.3, 0.4) is 0 Å². The van der Waals surface area contributed by atoms with Crippen molar-refractivity contribution in [1.82, 2.24) is 25.6 Å². The summed E-state index contributed by atoms with van der Waals surface area (Å²) in [5, 5.41) is 12.9. The molecule has 12 heteroatoms. The maximum Gasteiger partial charge on any atom is 0.405 e. The number of hydrogen-bond acceptors (Lipinski definition) is 6. The summed E-state index contributed by atoms with van der Waals surface area (Å²) < 4.78 is 50.2. The van der Waals surface area contributed by atoms with Gasteiger partial charge in [-0.15, -0.1) is 5.10 Å². The van der Waals surface area contributed by atoms with E-state index in [1.807, 2.05) is 66.8 Å². The van der Waals surface area contributed by atoms with Crippen molar-refractivity contribution in [3.05, 3.63) is 107 Å². The Bertz CT molecular complexity index is 1460. The molecule has 0 saturated heterocycles. The molecule has 2 amide bonds. The number of nitrogens with zero attached hydrogens (tertiary/aromatic N) is 3. The zero-order valence-corrected chi connectivity index (χ0v) is 22.1. The van der Waals surface area contributed by atoms with E-state index in [2.05, 4.69) is 15.6 Å². The number of amides is 2. The summed E-state index contributed by atoms with van der Waals surface area (Å²) in [7, 11) is 0. The number of ether oxygens (including phenoxy) is 2.